The molecule has 0 spiro atoms. The molecule has 0 saturated heterocycles. The Kier molecular flexibility index (Phi) is 4.62. The van der Waals surface area contributed by atoms with Crippen molar-refractivity contribution in [1.29, 1.82) is 0 Å². The van der Waals surface area contributed by atoms with Gasteiger partial charge < -0.3 is 10.4 Å². The Morgan fingerprint density at radius 2 is 2.24 bits per heavy atom. The molecular weight excluding hydrogens is 224 g/mol. The van der Waals surface area contributed by atoms with E-state index in [0.29, 0.717) is 12.1 Å². The highest BCUT2D eigenvalue weighted by atomic mass is 19.3. The second kappa shape index (κ2) is 5.76. The summed E-state index contributed by atoms with van der Waals surface area (Å²) in [6.45, 7) is 1.32. The Morgan fingerprint density at radius 1 is 1.53 bits per heavy atom. The molecule has 1 aromatic carbocycles. The number of rotatable bonds is 5. The molecule has 1 rings (SSSR count). The summed E-state index contributed by atoms with van der Waals surface area (Å²) >= 11 is 0. The van der Waals surface area contributed by atoms with Crippen LogP contribution >= 0.6 is 0 Å². The molecule has 0 aliphatic heterocycles. The van der Waals surface area contributed by atoms with Gasteiger partial charge in [0, 0.05) is 5.56 Å². The minimum Gasteiger partial charge on any atom is -0.390 e. The van der Waals surface area contributed by atoms with E-state index in [2.05, 4.69) is 11.2 Å². The first-order valence-corrected chi connectivity index (χ1v) is 5.33. The lowest BCUT2D eigenvalue weighted by Gasteiger charge is -2.17. The summed E-state index contributed by atoms with van der Waals surface area (Å²) in [5, 5.41) is 11.6. The number of hydrogen-bond donors (Lipinski definition) is 2. The summed E-state index contributed by atoms with van der Waals surface area (Å²) in [7, 11) is 0. The van der Waals surface area contributed by atoms with E-state index in [-0.39, 0.29) is 5.56 Å². The molecule has 0 heterocycles. The van der Waals surface area contributed by atoms with Gasteiger partial charge in [0.25, 0.3) is 5.92 Å². The van der Waals surface area contributed by atoms with Crippen LogP contribution in [0.4, 0.5) is 8.78 Å². The van der Waals surface area contributed by atoms with Crippen LogP contribution in [0.25, 0.3) is 0 Å². The van der Waals surface area contributed by atoms with Crippen molar-refractivity contribution in [2.45, 2.75) is 18.9 Å². The van der Waals surface area contributed by atoms with Crippen molar-refractivity contribution in [3.8, 4) is 12.3 Å². The summed E-state index contributed by atoms with van der Waals surface area (Å²) < 4.78 is 26.6. The fourth-order valence-corrected chi connectivity index (χ4v) is 1.51. The molecule has 0 amide bonds. The molecule has 1 aromatic rings. The van der Waals surface area contributed by atoms with Crippen molar-refractivity contribution in [2.75, 3.05) is 13.2 Å². The van der Waals surface area contributed by atoms with Crippen LogP contribution in [0.5, 0.6) is 0 Å². The van der Waals surface area contributed by atoms with Crippen LogP contribution in [0.1, 0.15) is 24.1 Å². The molecule has 4 heteroatoms. The van der Waals surface area contributed by atoms with Crippen molar-refractivity contribution >= 4 is 0 Å². The molecule has 1 atom stereocenters. The Morgan fingerprint density at radius 3 is 2.76 bits per heavy atom. The predicted molar refractivity (Wildman–Crippen MR) is 62.7 cm³/mol. The summed E-state index contributed by atoms with van der Waals surface area (Å²) in [5.41, 5.74) is 0.371. The van der Waals surface area contributed by atoms with Gasteiger partial charge >= 0.3 is 0 Å². The van der Waals surface area contributed by atoms with Gasteiger partial charge in [-0.1, -0.05) is 31.0 Å². The molecule has 2 nitrogen and oxygen atoms in total. The highest BCUT2D eigenvalue weighted by Gasteiger charge is 2.30. The van der Waals surface area contributed by atoms with Crippen LogP contribution in [0.3, 0.4) is 0 Å². The quantitative estimate of drug-likeness (QED) is 0.771. The maximum absolute atomic E-state index is 13.3. The van der Waals surface area contributed by atoms with Gasteiger partial charge in [0.05, 0.1) is 6.04 Å². The maximum atomic E-state index is 13.3. The zero-order valence-electron chi connectivity index (χ0n) is 9.58. The van der Waals surface area contributed by atoms with Gasteiger partial charge in [-0.05, 0) is 18.2 Å². The Balaban J connectivity index is 3.05. The van der Waals surface area contributed by atoms with Gasteiger partial charge in [-0.15, -0.1) is 6.42 Å². The molecule has 92 valence electrons. The molecule has 0 aliphatic carbocycles. The summed E-state index contributed by atoms with van der Waals surface area (Å²) in [5.74, 6) is -0.737. The number of nitrogens with one attached hydrogen (secondary N) is 1. The zero-order chi connectivity index (χ0) is 12.9. The number of terminal acetylenes is 1. The monoisotopic (exact) mass is 239 g/mol. The number of alkyl halides is 2. The summed E-state index contributed by atoms with van der Waals surface area (Å²) in [6, 6.07) is 5.40. The second-order valence-corrected chi connectivity index (χ2v) is 3.65. The van der Waals surface area contributed by atoms with E-state index in [1.165, 1.54) is 18.2 Å². The molecule has 0 aliphatic rings. The fourth-order valence-electron chi connectivity index (χ4n) is 1.51. The third-order valence-corrected chi connectivity index (χ3v) is 2.42. The Bertz CT molecular complexity index is 412. The smallest absolute Gasteiger partial charge is 0.295 e. The van der Waals surface area contributed by atoms with Crippen LogP contribution in [-0.4, -0.2) is 18.3 Å². The van der Waals surface area contributed by atoms with Crippen molar-refractivity contribution in [1.82, 2.24) is 5.32 Å². The lowest BCUT2D eigenvalue weighted by molar-refractivity contribution is -0.0556. The number of halogens is 2. The first kappa shape index (κ1) is 13.6. The van der Waals surface area contributed by atoms with E-state index in [0.717, 1.165) is 0 Å². The minimum absolute atomic E-state index is 0.226. The first-order valence-electron chi connectivity index (χ1n) is 5.33. The molecule has 0 bridgehead atoms. The zero-order valence-corrected chi connectivity index (χ0v) is 9.58. The van der Waals surface area contributed by atoms with Crippen LogP contribution < -0.4 is 5.32 Å². The van der Waals surface area contributed by atoms with Gasteiger partial charge in [-0.3, -0.25) is 0 Å². The summed E-state index contributed by atoms with van der Waals surface area (Å²) in [6.07, 6.45) is 5.33. The first-order chi connectivity index (χ1) is 8.05. The van der Waals surface area contributed by atoms with Crippen LogP contribution in [0, 0.1) is 12.3 Å². The molecule has 0 radical (unpaired) electrons. The number of aliphatic hydroxyl groups excluding tert-OH is 1. The average Bonchev–Trinajstić information content (AvgIpc) is 2.36. The lowest BCUT2D eigenvalue weighted by atomic mass is 10.0. The normalized spacial score (nSPS) is 13.1. The van der Waals surface area contributed by atoms with Gasteiger partial charge in [-0.2, -0.15) is 8.78 Å². The molecule has 0 fully saturated rings. The fraction of sp³-hybridized carbons (Fsp3) is 0.385. The number of hydrogen-bond acceptors (Lipinski definition) is 2. The maximum Gasteiger partial charge on any atom is 0.295 e. The van der Waals surface area contributed by atoms with Gasteiger partial charge in [0.1, 0.15) is 6.61 Å². The standard InChI is InChI=1S/C13H15F2NO/c1-3-12(16-4-2)10-6-5-7-11(8-10)13(14,15)9-17/h1,5-8,12,16-17H,4,9H2,2H3/t12-/m1/s1. The lowest BCUT2D eigenvalue weighted by Crippen LogP contribution is -2.22. The van der Waals surface area contributed by atoms with Crippen LogP contribution in [-0.2, 0) is 5.92 Å². The third kappa shape index (κ3) is 3.26. The minimum atomic E-state index is -3.23. The molecule has 0 aromatic heterocycles. The number of aliphatic hydroxyl groups is 1. The van der Waals surface area contributed by atoms with E-state index < -0.39 is 18.6 Å². The van der Waals surface area contributed by atoms with Gasteiger partial charge in [0.2, 0.25) is 0 Å². The van der Waals surface area contributed by atoms with Crippen LogP contribution in [0.15, 0.2) is 24.3 Å². The average molecular weight is 239 g/mol. The third-order valence-electron chi connectivity index (χ3n) is 2.42. The second-order valence-electron chi connectivity index (χ2n) is 3.65. The van der Waals surface area contributed by atoms with Crippen molar-refractivity contribution < 1.29 is 13.9 Å². The SMILES string of the molecule is C#C[C@@H](NCC)c1cccc(C(F)(F)CO)c1. The number of benzene rings is 1. The van der Waals surface area contributed by atoms with Gasteiger partial charge in [-0.25, -0.2) is 0 Å². The van der Waals surface area contributed by atoms with Crippen molar-refractivity contribution in [3.05, 3.63) is 35.4 Å². The van der Waals surface area contributed by atoms with Crippen molar-refractivity contribution in [3.63, 3.8) is 0 Å². The molecule has 2 N–H and O–H groups in total. The Labute approximate surface area is 99.7 Å². The van der Waals surface area contributed by atoms with E-state index >= 15 is 0 Å². The van der Waals surface area contributed by atoms with E-state index in [9.17, 15) is 8.78 Å². The van der Waals surface area contributed by atoms with E-state index in [1.807, 2.05) is 6.92 Å². The summed E-state index contributed by atoms with van der Waals surface area (Å²) in [4.78, 5) is 0. The van der Waals surface area contributed by atoms with E-state index in [4.69, 9.17) is 11.5 Å². The topological polar surface area (TPSA) is 32.3 Å². The van der Waals surface area contributed by atoms with E-state index in [1.54, 1.807) is 6.07 Å². The molecule has 0 saturated carbocycles. The largest absolute Gasteiger partial charge is 0.390 e. The Hall–Kier alpha value is -1.44. The highest BCUT2D eigenvalue weighted by molar-refractivity contribution is 5.32. The van der Waals surface area contributed by atoms with Crippen LogP contribution in [0.2, 0.25) is 0 Å². The molecule has 17 heavy (non-hydrogen) atoms. The predicted octanol–water partition coefficient (Wildman–Crippen LogP) is 2.05. The van der Waals surface area contributed by atoms with Gasteiger partial charge in [0.15, 0.2) is 0 Å². The molecular formula is C13H15F2NO. The molecule has 0 unspecified atom stereocenters. The van der Waals surface area contributed by atoms with Crippen molar-refractivity contribution in [2.24, 2.45) is 0 Å². The highest BCUT2D eigenvalue weighted by Crippen LogP contribution is 2.28.